The van der Waals surface area contributed by atoms with Gasteiger partial charge in [0.2, 0.25) is 0 Å². The number of likely N-dealkylation sites (tertiary alicyclic amines) is 1. The summed E-state index contributed by atoms with van der Waals surface area (Å²) in [7, 11) is 1.63. The van der Waals surface area contributed by atoms with E-state index in [0.717, 1.165) is 24.5 Å². The van der Waals surface area contributed by atoms with Gasteiger partial charge in [-0.25, -0.2) is 0 Å². The van der Waals surface area contributed by atoms with Crippen LogP contribution in [0.5, 0.6) is 5.75 Å². The highest BCUT2D eigenvalue weighted by atomic mass is 16.5. The molecule has 1 fully saturated rings. The third kappa shape index (κ3) is 3.74. The molecule has 1 saturated heterocycles. The molecular weight excluding hydrogens is 228 g/mol. The maximum Gasteiger partial charge on any atom is 0.279 e. The standard InChI is InChI=1S/C14H20N2O2/c1-18-13-7-5-12(6-8-13)15-14(17)11-16-9-3-2-4-10-16/h5-8H,2-4,9-11H2,1H3,(H,15,17)/p+1. The molecule has 4 nitrogen and oxygen atoms in total. The Labute approximate surface area is 108 Å². The highest BCUT2D eigenvalue weighted by molar-refractivity contribution is 5.91. The van der Waals surface area contributed by atoms with Crippen LogP contribution in [-0.2, 0) is 4.79 Å². The second kappa shape index (κ2) is 6.40. The molecule has 1 aromatic carbocycles. The molecule has 4 heteroatoms. The zero-order valence-electron chi connectivity index (χ0n) is 10.9. The van der Waals surface area contributed by atoms with E-state index in [4.69, 9.17) is 4.74 Å². The maximum absolute atomic E-state index is 11.9. The fourth-order valence-corrected chi connectivity index (χ4v) is 2.34. The first kappa shape index (κ1) is 12.9. The largest absolute Gasteiger partial charge is 0.497 e. The van der Waals surface area contributed by atoms with Crippen molar-refractivity contribution in [3.05, 3.63) is 24.3 Å². The fourth-order valence-electron chi connectivity index (χ4n) is 2.34. The van der Waals surface area contributed by atoms with Gasteiger partial charge in [0.05, 0.1) is 20.2 Å². The molecule has 0 bridgehead atoms. The molecule has 1 heterocycles. The molecule has 1 aliphatic rings. The van der Waals surface area contributed by atoms with Crippen LogP contribution in [0.25, 0.3) is 0 Å². The van der Waals surface area contributed by atoms with Crippen LogP contribution in [0.2, 0.25) is 0 Å². The van der Waals surface area contributed by atoms with Crippen LogP contribution < -0.4 is 15.0 Å². The van der Waals surface area contributed by atoms with Crippen LogP contribution in [0, 0.1) is 0 Å². The number of amides is 1. The van der Waals surface area contributed by atoms with Crippen LogP contribution in [0.15, 0.2) is 24.3 Å². The molecule has 18 heavy (non-hydrogen) atoms. The maximum atomic E-state index is 11.9. The molecule has 0 unspecified atom stereocenters. The summed E-state index contributed by atoms with van der Waals surface area (Å²) < 4.78 is 5.08. The third-order valence-corrected chi connectivity index (χ3v) is 3.34. The Morgan fingerprint density at radius 2 is 1.89 bits per heavy atom. The molecule has 0 aromatic heterocycles. The number of methoxy groups -OCH3 is 1. The first-order valence-electron chi connectivity index (χ1n) is 6.55. The summed E-state index contributed by atoms with van der Waals surface area (Å²) >= 11 is 0. The molecule has 1 aliphatic heterocycles. The lowest BCUT2D eigenvalue weighted by Gasteiger charge is -2.22. The number of hydrogen-bond donors (Lipinski definition) is 2. The van der Waals surface area contributed by atoms with E-state index in [1.54, 1.807) is 7.11 Å². The summed E-state index contributed by atoms with van der Waals surface area (Å²) in [6.45, 7) is 2.82. The van der Waals surface area contributed by atoms with Crippen molar-refractivity contribution in [1.29, 1.82) is 0 Å². The van der Waals surface area contributed by atoms with Gasteiger partial charge < -0.3 is 15.0 Å². The zero-order valence-corrected chi connectivity index (χ0v) is 10.9. The molecule has 1 amide bonds. The molecule has 0 atom stereocenters. The first-order valence-corrected chi connectivity index (χ1v) is 6.55. The Hall–Kier alpha value is -1.55. The zero-order chi connectivity index (χ0) is 12.8. The smallest absolute Gasteiger partial charge is 0.279 e. The van der Waals surface area contributed by atoms with Crippen LogP contribution in [0.4, 0.5) is 5.69 Å². The van der Waals surface area contributed by atoms with Gasteiger partial charge in [-0.3, -0.25) is 4.79 Å². The molecule has 0 radical (unpaired) electrons. The Morgan fingerprint density at radius 3 is 2.50 bits per heavy atom. The van der Waals surface area contributed by atoms with Crippen molar-refractivity contribution in [2.75, 3.05) is 32.1 Å². The summed E-state index contributed by atoms with van der Waals surface area (Å²) in [5.74, 6) is 0.895. The normalized spacial score (nSPS) is 16.3. The Balaban J connectivity index is 1.82. The van der Waals surface area contributed by atoms with Gasteiger partial charge in [-0.15, -0.1) is 0 Å². The molecule has 0 aliphatic carbocycles. The SMILES string of the molecule is COc1ccc(NC(=O)C[NH+]2CCCCC2)cc1. The fraction of sp³-hybridized carbons (Fsp3) is 0.500. The molecule has 0 saturated carbocycles. The van der Waals surface area contributed by atoms with Crippen molar-refractivity contribution in [1.82, 2.24) is 0 Å². The van der Waals surface area contributed by atoms with Crippen molar-refractivity contribution < 1.29 is 14.4 Å². The van der Waals surface area contributed by atoms with Crippen LogP contribution in [0.3, 0.4) is 0 Å². The highest BCUT2D eigenvalue weighted by Crippen LogP contribution is 2.14. The number of ether oxygens (including phenoxy) is 1. The van der Waals surface area contributed by atoms with E-state index in [0.29, 0.717) is 6.54 Å². The van der Waals surface area contributed by atoms with Gasteiger partial charge in [-0.05, 0) is 43.5 Å². The lowest BCUT2D eigenvalue weighted by molar-refractivity contribution is -0.896. The lowest BCUT2D eigenvalue weighted by atomic mass is 10.1. The number of rotatable bonds is 4. The minimum absolute atomic E-state index is 0.0945. The number of nitrogens with one attached hydrogen (secondary N) is 2. The van der Waals surface area contributed by atoms with Crippen molar-refractivity contribution in [3.8, 4) is 5.75 Å². The van der Waals surface area contributed by atoms with Crippen molar-refractivity contribution >= 4 is 11.6 Å². The summed E-state index contributed by atoms with van der Waals surface area (Å²) in [5, 5.41) is 2.93. The molecule has 2 N–H and O–H groups in total. The summed E-state index contributed by atoms with van der Waals surface area (Å²) in [6.07, 6.45) is 3.79. The first-order chi connectivity index (χ1) is 8.78. The highest BCUT2D eigenvalue weighted by Gasteiger charge is 2.17. The molecule has 1 aromatic rings. The van der Waals surface area contributed by atoms with Crippen LogP contribution >= 0.6 is 0 Å². The Morgan fingerprint density at radius 1 is 1.22 bits per heavy atom. The topological polar surface area (TPSA) is 42.8 Å². The average molecular weight is 249 g/mol. The van der Waals surface area contributed by atoms with E-state index in [1.807, 2.05) is 24.3 Å². The van der Waals surface area contributed by atoms with Gasteiger partial charge in [0.15, 0.2) is 6.54 Å². The van der Waals surface area contributed by atoms with Gasteiger partial charge in [-0.1, -0.05) is 0 Å². The Kier molecular flexibility index (Phi) is 4.59. The summed E-state index contributed by atoms with van der Waals surface area (Å²) in [4.78, 5) is 13.3. The number of carbonyl (C=O) groups excluding carboxylic acids is 1. The van der Waals surface area contributed by atoms with Crippen molar-refractivity contribution in [3.63, 3.8) is 0 Å². The number of carbonyl (C=O) groups is 1. The van der Waals surface area contributed by atoms with Gasteiger partial charge in [0, 0.05) is 5.69 Å². The molecular formula is C14H21N2O2+. The average Bonchev–Trinajstić information content (AvgIpc) is 2.40. The third-order valence-electron chi connectivity index (χ3n) is 3.34. The van der Waals surface area contributed by atoms with E-state index in [-0.39, 0.29) is 5.91 Å². The monoisotopic (exact) mass is 249 g/mol. The lowest BCUT2D eigenvalue weighted by Crippen LogP contribution is -3.13. The molecule has 2 rings (SSSR count). The van der Waals surface area contributed by atoms with E-state index in [2.05, 4.69) is 5.32 Å². The summed E-state index contributed by atoms with van der Waals surface area (Å²) in [6, 6.07) is 7.43. The van der Waals surface area contributed by atoms with Gasteiger partial charge in [0.25, 0.3) is 5.91 Å². The number of quaternary nitrogens is 1. The number of piperidine rings is 1. The number of benzene rings is 1. The second-order valence-electron chi connectivity index (χ2n) is 4.76. The van der Waals surface area contributed by atoms with E-state index >= 15 is 0 Å². The predicted octanol–water partition coefficient (Wildman–Crippen LogP) is 0.702. The van der Waals surface area contributed by atoms with Gasteiger partial charge >= 0.3 is 0 Å². The van der Waals surface area contributed by atoms with E-state index in [1.165, 1.54) is 24.2 Å². The minimum atomic E-state index is 0.0945. The van der Waals surface area contributed by atoms with Gasteiger partial charge in [-0.2, -0.15) is 0 Å². The van der Waals surface area contributed by atoms with E-state index < -0.39 is 0 Å². The Bertz CT molecular complexity index is 383. The van der Waals surface area contributed by atoms with Gasteiger partial charge in [0.1, 0.15) is 5.75 Å². The summed E-state index contributed by atoms with van der Waals surface area (Å²) in [5.41, 5.74) is 0.831. The predicted molar refractivity (Wildman–Crippen MR) is 71.0 cm³/mol. The quantitative estimate of drug-likeness (QED) is 0.825. The van der Waals surface area contributed by atoms with Crippen molar-refractivity contribution in [2.45, 2.75) is 19.3 Å². The molecule has 98 valence electrons. The van der Waals surface area contributed by atoms with Crippen LogP contribution in [-0.4, -0.2) is 32.7 Å². The minimum Gasteiger partial charge on any atom is -0.497 e. The number of hydrogen-bond acceptors (Lipinski definition) is 2. The molecule has 0 spiro atoms. The second-order valence-corrected chi connectivity index (χ2v) is 4.76. The van der Waals surface area contributed by atoms with Crippen LogP contribution in [0.1, 0.15) is 19.3 Å². The van der Waals surface area contributed by atoms with E-state index in [9.17, 15) is 4.79 Å². The van der Waals surface area contributed by atoms with Crippen molar-refractivity contribution in [2.24, 2.45) is 0 Å². The number of anilines is 1.